The molecular weight excluding hydrogens is 330 g/mol. The molecule has 1 amide bonds. The van der Waals surface area contributed by atoms with Crippen LogP contribution in [0.2, 0.25) is 5.02 Å². The molecule has 0 saturated heterocycles. The van der Waals surface area contributed by atoms with Crippen LogP contribution in [0.25, 0.3) is 0 Å². The zero-order valence-electron chi connectivity index (χ0n) is 13.1. The van der Waals surface area contributed by atoms with Crippen molar-refractivity contribution in [3.05, 3.63) is 68.7 Å². The van der Waals surface area contributed by atoms with E-state index in [2.05, 4.69) is 4.90 Å². The van der Waals surface area contributed by atoms with Gasteiger partial charge in [0.05, 0.1) is 15.5 Å². The standard InChI is InChI=1S/C17H16ClN3O3/c1-19-8-9-20(11-12-4-2-3-5-16(12)19)17(22)14-10-13(21(23)24)6-7-15(14)18/h2-7,10H,8-9,11H2,1H3. The van der Waals surface area contributed by atoms with Crippen LogP contribution in [0, 0.1) is 10.1 Å². The highest BCUT2D eigenvalue weighted by molar-refractivity contribution is 6.33. The lowest BCUT2D eigenvalue weighted by atomic mass is 10.1. The number of halogens is 1. The number of nitro benzene ring substituents is 1. The van der Waals surface area contributed by atoms with E-state index in [1.54, 1.807) is 4.90 Å². The molecule has 0 aromatic heterocycles. The third-order valence-electron chi connectivity index (χ3n) is 4.15. The van der Waals surface area contributed by atoms with Gasteiger partial charge in [0.2, 0.25) is 0 Å². The van der Waals surface area contributed by atoms with Crippen LogP contribution in [0.5, 0.6) is 0 Å². The number of carbonyl (C=O) groups is 1. The van der Waals surface area contributed by atoms with Crippen LogP contribution in [0.4, 0.5) is 11.4 Å². The van der Waals surface area contributed by atoms with E-state index in [0.29, 0.717) is 19.6 Å². The first-order valence-electron chi connectivity index (χ1n) is 7.49. The van der Waals surface area contributed by atoms with Crippen LogP contribution >= 0.6 is 11.6 Å². The van der Waals surface area contributed by atoms with Crippen LogP contribution in [-0.4, -0.2) is 35.9 Å². The molecule has 0 atom stereocenters. The zero-order valence-corrected chi connectivity index (χ0v) is 13.9. The third kappa shape index (κ3) is 3.05. The number of benzene rings is 2. The molecule has 0 N–H and O–H groups in total. The fourth-order valence-electron chi connectivity index (χ4n) is 2.83. The molecule has 2 aromatic carbocycles. The van der Waals surface area contributed by atoms with Gasteiger partial charge in [-0.3, -0.25) is 14.9 Å². The summed E-state index contributed by atoms with van der Waals surface area (Å²) in [4.78, 5) is 27.1. The minimum Gasteiger partial charge on any atom is -0.373 e. The number of non-ortho nitro benzene ring substituents is 1. The van der Waals surface area contributed by atoms with E-state index in [4.69, 9.17) is 11.6 Å². The van der Waals surface area contributed by atoms with Crippen molar-refractivity contribution in [2.75, 3.05) is 25.0 Å². The Morgan fingerprint density at radius 2 is 1.96 bits per heavy atom. The largest absolute Gasteiger partial charge is 0.373 e. The number of amides is 1. The van der Waals surface area contributed by atoms with Gasteiger partial charge in [-0.2, -0.15) is 0 Å². The van der Waals surface area contributed by atoms with Gasteiger partial charge in [-0.15, -0.1) is 0 Å². The summed E-state index contributed by atoms with van der Waals surface area (Å²) in [5.41, 5.74) is 2.13. The Hall–Kier alpha value is -2.60. The molecular formula is C17H16ClN3O3. The molecule has 124 valence electrons. The monoisotopic (exact) mass is 345 g/mol. The Bertz CT molecular complexity index is 809. The van der Waals surface area contributed by atoms with Crippen LogP contribution in [0.15, 0.2) is 42.5 Å². The number of likely N-dealkylation sites (N-methyl/N-ethyl adjacent to an activating group) is 1. The van der Waals surface area contributed by atoms with Crippen molar-refractivity contribution in [2.24, 2.45) is 0 Å². The first-order chi connectivity index (χ1) is 11.5. The number of para-hydroxylation sites is 1. The molecule has 6 nitrogen and oxygen atoms in total. The molecule has 2 aromatic rings. The van der Waals surface area contributed by atoms with Crippen molar-refractivity contribution >= 4 is 28.9 Å². The highest BCUT2D eigenvalue weighted by Gasteiger charge is 2.25. The number of rotatable bonds is 2. The summed E-state index contributed by atoms with van der Waals surface area (Å²) < 4.78 is 0. The molecule has 0 saturated carbocycles. The van der Waals surface area contributed by atoms with Crippen molar-refractivity contribution in [2.45, 2.75) is 6.54 Å². The van der Waals surface area contributed by atoms with E-state index in [1.807, 2.05) is 31.3 Å². The average molecular weight is 346 g/mol. The Labute approximate surface area is 144 Å². The minimum absolute atomic E-state index is 0.143. The van der Waals surface area contributed by atoms with Gasteiger partial charge in [0, 0.05) is 44.5 Å². The fraction of sp³-hybridized carbons (Fsp3) is 0.235. The molecule has 3 rings (SSSR count). The maximum atomic E-state index is 12.9. The number of hydrogen-bond donors (Lipinski definition) is 0. The van der Waals surface area contributed by atoms with Crippen molar-refractivity contribution in [1.29, 1.82) is 0 Å². The van der Waals surface area contributed by atoms with Crippen molar-refractivity contribution in [3.8, 4) is 0 Å². The summed E-state index contributed by atoms with van der Waals surface area (Å²) in [6.45, 7) is 1.64. The van der Waals surface area contributed by atoms with E-state index in [9.17, 15) is 14.9 Å². The molecule has 0 radical (unpaired) electrons. The predicted octanol–water partition coefficient (Wildman–Crippen LogP) is 3.34. The van der Waals surface area contributed by atoms with Gasteiger partial charge >= 0.3 is 0 Å². The summed E-state index contributed by atoms with van der Waals surface area (Å²) >= 11 is 6.10. The maximum Gasteiger partial charge on any atom is 0.270 e. The lowest BCUT2D eigenvalue weighted by Crippen LogP contribution is -2.34. The molecule has 24 heavy (non-hydrogen) atoms. The fourth-order valence-corrected chi connectivity index (χ4v) is 3.03. The molecule has 0 aliphatic carbocycles. The SMILES string of the molecule is CN1CCN(C(=O)c2cc([N+](=O)[O-])ccc2Cl)Cc2ccccc21. The molecule has 0 spiro atoms. The third-order valence-corrected chi connectivity index (χ3v) is 4.48. The summed E-state index contributed by atoms with van der Waals surface area (Å²) in [6.07, 6.45) is 0. The normalized spacial score (nSPS) is 14.1. The van der Waals surface area contributed by atoms with Gasteiger partial charge in [0.15, 0.2) is 0 Å². The van der Waals surface area contributed by atoms with Gasteiger partial charge in [-0.05, 0) is 17.7 Å². The van der Waals surface area contributed by atoms with Crippen LogP contribution in [-0.2, 0) is 6.54 Å². The van der Waals surface area contributed by atoms with Gasteiger partial charge in [0.25, 0.3) is 11.6 Å². The first-order valence-corrected chi connectivity index (χ1v) is 7.87. The van der Waals surface area contributed by atoms with Crippen molar-refractivity contribution in [3.63, 3.8) is 0 Å². The summed E-state index contributed by atoms with van der Waals surface area (Å²) in [6, 6.07) is 11.8. The number of fused-ring (bicyclic) bond motifs is 1. The highest BCUT2D eigenvalue weighted by atomic mass is 35.5. The van der Waals surface area contributed by atoms with Crippen molar-refractivity contribution in [1.82, 2.24) is 4.90 Å². The smallest absolute Gasteiger partial charge is 0.270 e. The minimum atomic E-state index is -0.529. The van der Waals surface area contributed by atoms with Crippen LogP contribution in [0.1, 0.15) is 15.9 Å². The summed E-state index contributed by atoms with van der Waals surface area (Å²) in [5.74, 6) is -0.297. The predicted molar refractivity (Wildman–Crippen MR) is 92.6 cm³/mol. The van der Waals surface area contributed by atoms with E-state index >= 15 is 0 Å². The second-order valence-electron chi connectivity index (χ2n) is 5.70. The first kappa shape index (κ1) is 16.3. The Balaban J connectivity index is 1.94. The number of hydrogen-bond acceptors (Lipinski definition) is 4. The van der Waals surface area contributed by atoms with Gasteiger partial charge in [0.1, 0.15) is 0 Å². The Morgan fingerprint density at radius 1 is 1.21 bits per heavy atom. The van der Waals surface area contributed by atoms with Crippen LogP contribution < -0.4 is 4.90 Å². The van der Waals surface area contributed by atoms with E-state index in [1.165, 1.54) is 18.2 Å². The average Bonchev–Trinajstić information content (AvgIpc) is 2.74. The molecule has 1 aliphatic rings. The summed E-state index contributed by atoms with van der Waals surface area (Å²) in [5, 5.41) is 11.2. The summed E-state index contributed by atoms with van der Waals surface area (Å²) in [7, 11) is 1.98. The number of nitrogens with zero attached hydrogens (tertiary/aromatic N) is 3. The molecule has 0 fully saturated rings. The lowest BCUT2D eigenvalue weighted by Gasteiger charge is -2.21. The molecule has 0 bridgehead atoms. The number of carbonyl (C=O) groups excluding carboxylic acids is 1. The Morgan fingerprint density at radius 3 is 2.71 bits per heavy atom. The highest BCUT2D eigenvalue weighted by Crippen LogP contribution is 2.27. The zero-order chi connectivity index (χ0) is 17.3. The molecule has 0 unspecified atom stereocenters. The molecule has 1 aliphatic heterocycles. The maximum absolute atomic E-state index is 12.9. The molecule has 7 heteroatoms. The Kier molecular flexibility index (Phi) is 4.40. The number of anilines is 1. The van der Waals surface area contributed by atoms with E-state index < -0.39 is 4.92 Å². The second kappa shape index (κ2) is 6.49. The van der Waals surface area contributed by atoms with Crippen LogP contribution in [0.3, 0.4) is 0 Å². The topological polar surface area (TPSA) is 66.7 Å². The van der Waals surface area contributed by atoms with E-state index in [-0.39, 0.29) is 22.2 Å². The van der Waals surface area contributed by atoms with Gasteiger partial charge < -0.3 is 9.80 Å². The van der Waals surface area contributed by atoms with Gasteiger partial charge in [-0.25, -0.2) is 0 Å². The van der Waals surface area contributed by atoms with Crippen molar-refractivity contribution < 1.29 is 9.72 Å². The quantitative estimate of drug-likeness (QED) is 0.618. The number of nitro groups is 1. The second-order valence-corrected chi connectivity index (χ2v) is 6.11. The lowest BCUT2D eigenvalue weighted by molar-refractivity contribution is -0.384. The molecule has 1 heterocycles. The van der Waals surface area contributed by atoms with E-state index in [0.717, 1.165) is 11.3 Å². The van der Waals surface area contributed by atoms with Gasteiger partial charge in [-0.1, -0.05) is 29.8 Å².